The number of carbonyl (C=O) groups excluding carboxylic acids is 1. The summed E-state index contributed by atoms with van der Waals surface area (Å²) in [6.07, 6.45) is -3.99. The highest BCUT2D eigenvalue weighted by molar-refractivity contribution is 6.00. The number of anilines is 1. The van der Waals surface area contributed by atoms with E-state index < -0.39 is 18.7 Å². The van der Waals surface area contributed by atoms with E-state index in [-0.39, 0.29) is 17.3 Å². The molecule has 8 heteroatoms. The summed E-state index contributed by atoms with van der Waals surface area (Å²) in [5, 5.41) is 3.93. The molecule has 1 aromatic carbocycles. The SMILES string of the molecule is COC(=O)c1cc2c(NC3CCN(C)CC3)cccc2n1C(F)C(F)F. The maximum Gasteiger partial charge on any atom is 0.354 e. The van der Waals surface area contributed by atoms with Crippen LogP contribution in [0.5, 0.6) is 0 Å². The van der Waals surface area contributed by atoms with E-state index in [0.717, 1.165) is 33.0 Å². The topological polar surface area (TPSA) is 46.5 Å². The van der Waals surface area contributed by atoms with E-state index in [1.807, 2.05) is 6.07 Å². The molecule has 1 N–H and O–H groups in total. The highest BCUT2D eigenvalue weighted by Gasteiger charge is 2.29. The number of hydrogen-bond donors (Lipinski definition) is 1. The van der Waals surface area contributed by atoms with Crippen molar-refractivity contribution in [2.75, 3.05) is 32.6 Å². The van der Waals surface area contributed by atoms with Crippen LogP contribution in [0.25, 0.3) is 10.9 Å². The lowest BCUT2D eigenvalue weighted by molar-refractivity contribution is 0.00772. The van der Waals surface area contributed by atoms with Gasteiger partial charge >= 0.3 is 5.97 Å². The van der Waals surface area contributed by atoms with Crippen molar-refractivity contribution in [3.05, 3.63) is 30.0 Å². The first-order chi connectivity index (χ1) is 12.4. The molecule has 0 aliphatic carbocycles. The fourth-order valence-corrected chi connectivity index (χ4v) is 3.39. The van der Waals surface area contributed by atoms with Crippen molar-refractivity contribution >= 4 is 22.6 Å². The average Bonchev–Trinajstić information content (AvgIpc) is 3.02. The number of carbonyl (C=O) groups is 1. The zero-order valence-electron chi connectivity index (χ0n) is 14.7. The van der Waals surface area contributed by atoms with Gasteiger partial charge in [-0.15, -0.1) is 0 Å². The minimum atomic E-state index is -3.25. The number of nitrogens with zero attached hydrogens (tertiary/aromatic N) is 2. The van der Waals surface area contributed by atoms with E-state index in [1.165, 1.54) is 12.1 Å². The molecule has 0 spiro atoms. The van der Waals surface area contributed by atoms with Crippen LogP contribution in [0.4, 0.5) is 18.9 Å². The Hall–Kier alpha value is -2.22. The Balaban J connectivity index is 2.02. The molecule has 2 aromatic rings. The Bertz CT molecular complexity index is 785. The van der Waals surface area contributed by atoms with Crippen LogP contribution in [0.1, 0.15) is 29.6 Å². The summed E-state index contributed by atoms with van der Waals surface area (Å²) < 4.78 is 45.6. The lowest BCUT2D eigenvalue weighted by atomic mass is 10.0. The maximum absolute atomic E-state index is 14.2. The summed E-state index contributed by atoms with van der Waals surface area (Å²) in [6, 6.07) is 6.64. The highest BCUT2D eigenvalue weighted by Crippen LogP contribution is 2.33. The van der Waals surface area contributed by atoms with Crippen LogP contribution in [0.15, 0.2) is 24.3 Å². The monoisotopic (exact) mass is 369 g/mol. The predicted molar refractivity (Wildman–Crippen MR) is 93.6 cm³/mol. The quantitative estimate of drug-likeness (QED) is 0.817. The van der Waals surface area contributed by atoms with Gasteiger partial charge in [0, 0.05) is 17.1 Å². The smallest absolute Gasteiger partial charge is 0.354 e. The number of rotatable bonds is 5. The molecule has 2 heterocycles. The lowest BCUT2D eigenvalue weighted by Gasteiger charge is -2.30. The molecule has 0 radical (unpaired) electrons. The molecule has 1 saturated heterocycles. The molecule has 0 bridgehead atoms. The van der Waals surface area contributed by atoms with Crippen molar-refractivity contribution in [3.8, 4) is 0 Å². The van der Waals surface area contributed by atoms with Crippen molar-refractivity contribution in [1.82, 2.24) is 9.47 Å². The van der Waals surface area contributed by atoms with Crippen LogP contribution in [0.3, 0.4) is 0 Å². The summed E-state index contributed by atoms with van der Waals surface area (Å²) in [5.74, 6) is -0.852. The third kappa shape index (κ3) is 3.51. The van der Waals surface area contributed by atoms with Crippen molar-refractivity contribution < 1.29 is 22.7 Å². The fourth-order valence-electron chi connectivity index (χ4n) is 3.39. The number of hydrogen-bond acceptors (Lipinski definition) is 4. The Morgan fingerprint density at radius 2 is 1.96 bits per heavy atom. The maximum atomic E-state index is 14.2. The Morgan fingerprint density at radius 1 is 1.27 bits per heavy atom. The summed E-state index contributed by atoms with van der Waals surface area (Å²) >= 11 is 0. The molecule has 1 fully saturated rings. The van der Waals surface area contributed by atoms with Crippen LogP contribution in [-0.4, -0.2) is 55.2 Å². The second kappa shape index (κ2) is 7.57. The zero-order chi connectivity index (χ0) is 18.8. The van der Waals surface area contributed by atoms with Crippen LogP contribution in [-0.2, 0) is 4.74 Å². The number of halogens is 3. The minimum Gasteiger partial charge on any atom is -0.464 e. The Labute approximate surface area is 149 Å². The highest BCUT2D eigenvalue weighted by atomic mass is 19.3. The van der Waals surface area contributed by atoms with Gasteiger partial charge in [0.25, 0.3) is 6.43 Å². The fraction of sp³-hybridized carbons (Fsp3) is 0.500. The second-order valence-electron chi connectivity index (χ2n) is 6.56. The summed E-state index contributed by atoms with van der Waals surface area (Å²) in [5.41, 5.74) is 0.700. The van der Waals surface area contributed by atoms with Crippen molar-refractivity contribution in [1.29, 1.82) is 0 Å². The molecule has 5 nitrogen and oxygen atoms in total. The minimum absolute atomic E-state index is 0.229. The van der Waals surface area contributed by atoms with Crippen LogP contribution < -0.4 is 5.32 Å². The number of ether oxygens (including phenoxy) is 1. The predicted octanol–water partition coefficient (Wildman–Crippen LogP) is 3.67. The summed E-state index contributed by atoms with van der Waals surface area (Å²) in [6.45, 7) is 1.92. The van der Waals surface area contributed by atoms with Gasteiger partial charge in [-0.1, -0.05) is 6.07 Å². The van der Waals surface area contributed by atoms with E-state index in [2.05, 4.69) is 22.0 Å². The molecule has 1 unspecified atom stereocenters. The van der Waals surface area contributed by atoms with Gasteiger partial charge in [-0.05, 0) is 51.2 Å². The summed E-state index contributed by atoms with van der Waals surface area (Å²) in [7, 11) is 3.20. The molecular formula is C18H22F3N3O2. The number of fused-ring (bicyclic) bond motifs is 1. The first-order valence-electron chi connectivity index (χ1n) is 8.52. The average molecular weight is 369 g/mol. The lowest BCUT2D eigenvalue weighted by Crippen LogP contribution is -2.36. The van der Waals surface area contributed by atoms with Gasteiger partial charge in [0.05, 0.1) is 12.6 Å². The van der Waals surface area contributed by atoms with E-state index in [1.54, 1.807) is 6.07 Å². The van der Waals surface area contributed by atoms with Gasteiger partial charge in [-0.3, -0.25) is 4.57 Å². The van der Waals surface area contributed by atoms with Crippen LogP contribution >= 0.6 is 0 Å². The molecule has 1 aliphatic rings. The van der Waals surface area contributed by atoms with E-state index in [4.69, 9.17) is 0 Å². The van der Waals surface area contributed by atoms with E-state index in [9.17, 15) is 18.0 Å². The van der Waals surface area contributed by atoms with Gasteiger partial charge in [0.2, 0.25) is 6.30 Å². The largest absolute Gasteiger partial charge is 0.464 e. The Kier molecular flexibility index (Phi) is 5.41. The third-order valence-electron chi connectivity index (χ3n) is 4.81. The molecule has 1 aliphatic heterocycles. The first kappa shape index (κ1) is 18.6. The normalized spacial score (nSPS) is 17.6. The number of benzene rings is 1. The standard InChI is InChI=1S/C18H22F3N3O2/c1-23-8-6-11(7-9-23)22-13-4-3-5-14-12(13)10-15(18(25)26-2)24(14)17(21)16(19)20/h3-5,10-11,16-17,22H,6-9H2,1-2H3. The van der Waals surface area contributed by atoms with Gasteiger partial charge in [-0.25, -0.2) is 18.0 Å². The van der Waals surface area contributed by atoms with Gasteiger partial charge in [0.1, 0.15) is 5.69 Å². The van der Waals surface area contributed by atoms with E-state index in [0.29, 0.717) is 15.6 Å². The molecular weight excluding hydrogens is 347 g/mol. The zero-order valence-corrected chi connectivity index (χ0v) is 14.7. The molecule has 1 aromatic heterocycles. The molecule has 0 saturated carbocycles. The number of likely N-dealkylation sites (tertiary alicyclic amines) is 1. The molecule has 1 atom stereocenters. The second-order valence-corrected chi connectivity index (χ2v) is 6.56. The van der Waals surface area contributed by atoms with Crippen LogP contribution in [0, 0.1) is 0 Å². The van der Waals surface area contributed by atoms with Crippen molar-refractivity contribution in [2.24, 2.45) is 0 Å². The number of esters is 1. The third-order valence-corrected chi connectivity index (χ3v) is 4.81. The molecule has 0 amide bonds. The number of alkyl halides is 3. The van der Waals surface area contributed by atoms with E-state index >= 15 is 0 Å². The Morgan fingerprint density at radius 3 is 2.58 bits per heavy atom. The molecule has 142 valence electrons. The number of aromatic nitrogens is 1. The van der Waals surface area contributed by atoms with Crippen molar-refractivity contribution in [3.63, 3.8) is 0 Å². The van der Waals surface area contributed by atoms with Gasteiger partial charge in [0.15, 0.2) is 0 Å². The van der Waals surface area contributed by atoms with Gasteiger partial charge < -0.3 is 15.0 Å². The number of piperidine rings is 1. The number of nitrogens with one attached hydrogen (secondary N) is 1. The first-order valence-corrected chi connectivity index (χ1v) is 8.52. The van der Waals surface area contributed by atoms with Gasteiger partial charge in [-0.2, -0.15) is 0 Å². The van der Waals surface area contributed by atoms with Crippen molar-refractivity contribution in [2.45, 2.75) is 31.6 Å². The van der Waals surface area contributed by atoms with Crippen LogP contribution in [0.2, 0.25) is 0 Å². The molecule has 3 rings (SSSR count). The molecule has 26 heavy (non-hydrogen) atoms. The summed E-state index contributed by atoms with van der Waals surface area (Å²) in [4.78, 5) is 14.2. The number of methoxy groups -OCH3 is 1.